The van der Waals surface area contributed by atoms with E-state index in [9.17, 15) is 0 Å². The summed E-state index contributed by atoms with van der Waals surface area (Å²) in [6, 6.07) is 5.75. The van der Waals surface area contributed by atoms with Crippen LogP contribution in [0.15, 0.2) is 23.2 Å². The van der Waals surface area contributed by atoms with Crippen molar-refractivity contribution in [3.63, 3.8) is 0 Å². The largest absolute Gasteiger partial charge is 0.496 e. The highest BCUT2D eigenvalue weighted by molar-refractivity contribution is 5.97. The summed E-state index contributed by atoms with van der Waals surface area (Å²) in [5.41, 5.74) is 7.66. The van der Waals surface area contributed by atoms with Gasteiger partial charge in [0.15, 0.2) is 0 Å². The van der Waals surface area contributed by atoms with E-state index in [2.05, 4.69) is 4.99 Å². The maximum absolute atomic E-state index is 5.66. The second kappa shape index (κ2) is 3.94. The van der Waals surface area contributed by atoms with Gasteiger partial charge >= 0.3 is 0 Å². The van der Waals surface area contributed by atoms with E-state index in [0.717, 1.165) is 16.9 Å². The van der Waals surface area contributed by atoms with Crippen LogP contribution >= 0.6 is 0 Å². The normalized spacial score (nSPS) is 11.5. The Balaban J connectivity index is 3.10. The third-order valence-electron chi connectivity index (χ3n) is 1.93. The van der Waals surface area contributed by atoms with E-state index < -0.39 is 0 Å². The van der Waals surface area contributed by atoms with Crippen LogP contribution in [0, 0.1) is 6.92 Å². The molecule has 0 unspecified atom stereocenters. The molecule has 0 aliphatic heterocycles. The quantitative estimate of drug-likeness (QED) is 0.548. The van der Waals surface area contributed by atoms with Crippen LogP contribution in [0.5, 0.6) is 5.75 Å². The number of hydrogen-bond acceptors (Lipinski definition) is 2. The summed E-state index contributed by atoms with van der Waals surface area (Å²) in [7, 11) is 3.33. The fourth-order valence-electron chi connectivity index (χ4n) is 1.17. The van der Waals surface area contributed by atoms with E-state index in [0.29, 0.717) is 5.84 Å². The first-order chi connectivity index (χ1) is 6.19. The molecule has 1 aromatic carbocycles. The van der Waals surface area contributed by atoms with Crippen molar-refractivity contribution in [1.82, 2.24) is 0 Å². The summed E-state index contributed by atoms with van der Waals surface area (Å²) in [5, 5.41) is 0. The summed E-state index contributed by atoms with van der Waals surface area (Å²) in [6.45, 7) is 1.98. The topological polar surface area (TPSA) is 47.6 Å². The van der Waals surface area contributed by atoms with Gasteiger partial charge in [-0.15, -0.1) is 0 Å². The number of aryl methyl sites for hydroxylation is 1. The van der Waals surface area contributed by atoms with Crippen LogP contribution in [-0.2, 0) is 0 Å². The summed E-state index contributed by atoms with van der Waals surface area (Å²) in [5.74, 6) is 1.42. The second-order valence-electron chi connectivity index (χ2n) is 2.79. The lowest BCUT2D eigenvalue weighted by Gasteiger charge is -2.06. The van der Waals surface area contributed by atoms with Gasteiger partial charge in [0.1, 0.15) is 11.6 Å². The van der Waals surface area contributed by atoms with Gasteiger partial charge in [0.2, 0.25) is 0 Å². The maximum atomic E-state index is 5.66. The fourth-order valence-corrected chi connectivity index (χ4v) is 1.17. The van der Waals surface area contributed by atoms with Gasteiger partial charge < -0.3 is 10.5 Å². The average Bonchev–Trinajstić information content (AvgIpc) is 2.16. The first-order valence-electron chi connectivity index (χ1n) is 4.06. The maximum Gasteiger partial charge on any atom is 0.125 e. The van der Waals surface area contributed by atoms with Crippen LogP contribution in [-0.4, -0.2) is 20.0 Å². The third-order valence-corrected chi connectivity index (χ3v) is 1.93. The van der Waals surface area contributed by atoms with Crippen molar-refractivity contribution in [3.8, 4) is 5.75 Å². The Kier molecular flexibility index (Phi) is 2.90. The van der Waals surface area contributed by atoms with Crippen molar-refractivity contribution < 1.29 is 4.74 Å². The highest BCUT2D eigenvalue weighted by Crippen LogP contribution is 2.18. The number of nitrogens with two attached hydrogens (primary N) is 1. The van der Waals surface area contributed by atoms with Gasteiger partial charge in [-0.1, -0.05) is 0 Å². The Hall–Kier alpha value is -1.51. The minimum absolute atomic E-state index is 0.547. The lowest BCUT2D eigenvalue weighted by Crippen LogP contribution is -2.12. The molecule has 1 rings (SSSR count). The monoisotopic (exact) mass is 178 g/mol. The molecule has 13 heavy (non-hydrogen) atoms. The first-order valence-corrected chi connectivity index (χ1v) is 4.06. The van der Waals surface area contributed by atoms with Gasteiger partial charge in [-0.05, 0) is 30.7 Å². The molecule has 0 saturated carbocycles. The molecule has 0 radical (unpaired) electrons. The van der Waals surface area contributed by atoms with Crippen molar-refractivity contribution in [2.24, 2.45) is 10.7 Å². The van der Waals surface area contributed by atoms with E-state index in [1.54, 1.807) is 14.2 Å². The SMILES string of the molecule is CN=C(N)c1ccc(OC)c(C)c1. The molecule has 0 fully saturated rings. The molecule has 0 atom stereocenters. The number of hydrogen-bond donors (Lipinski definition) is 1. The molecule has 3 heteroatoms. The minimum Gasteiger partial charge on any atom is -0.496 e. The predicted molar refractivity (Wildman–Crippen MR) is 54.4 cm³/mol. The van der Waals surface area contributed by atoms with Crippen LogP contribution in [0.4, 0.5) is 0 Å². The summed E-state index contributed by atoms with van der Waals surface area (Å²) in [6.07, 6.45) is 0. The summed E-state index contributed by atoms with van der Waals surface area (Å²) >= 11 is 0. The second-order valence-corrected chi connectivity index (χ2v) is 2.79. The van der Waals surface area contributed by atoms with Crippen LogP contribution in [0.25, 0.3) is 0 Å². The number of benzene rings is 1. The molecular weight excluding hydrogens is 164 g/mol. The summed E-state index contributed by atoms with van der Waals surface area (Å²) < 4.78 is 5.13. The molecule has 70 valence electrons. The fraction of sp³-hybridized carbons (Fsp3) is 0.300. The number of amidine groups is 1. The van der Waals surface area contributed by atoms with Gasteiger partial charge in [-0.2, -0.15) is 0 Å². The van der Waals surface area contributed by atoms with Crippen molar-refractivity contribution in [1.29, 1.82) is 0 Å². The Labute approximate surface area is 78.2 Å². The Morgan fingerprint density at radius 2 is 2.15 bits per heavy atom. The number of nitrogens with zero attached hydrogens (tertiary/aromatic N) is 1. The number of aliphatic imine (C=N–C) groups is 1. The van der Waals surface area contributed by atoms with E-state index in [1.165, 1.54) is 0 Å². The molecule has 0 spiro atoms. The van der Waals surface area contributed by atoms with Gasteiger partial charge in [0, 0.05) is 12.6 Å². The lowest BCUT2D eigenvalue weighted by atomic mass is 10.1. The zero-order chi connectivity index (χ0) is 9.84. The minimum atomic E-state index is 0.547. The van der Waals surface area contributed by atoms with E-state index >= 15 is 0 Å². The van der Waals surface area contributed by atoms with Crippen molar-refractivity contribution in [2.45, 2.75) is 6.92 Å². The highest BCUT2D eigenvalue weighted by atomic mass is 16.5. The number of ether oxygens (including phenoxy) is 1. The van der Waals surface area contributed by atoms with Crippen molar-refractivity contribution in [2.75, 3.05) is 14.2 Å². The molecule has 0 amide bonds. The molecule has 3 nitrogen and oxygen atoms in total. The van der Waals surface area contributed by atoms with Crippen LogP contribution in [0.2, 0.25) is 0 Å². The zero-order valence-corrected chi connectivity index (χ0v) is 8.16. The van der Waals surface area contributed by atoms with Gasteiger partial charge in [-0.25, -0.2) is 0 Å². The number of methoxy groups -OCH3 is 1. The predicted octanol–water partition coefficient (Wildman–Crippen LogP) is 1.34. The van der Waals surface area contributed by atoms with Crippen molar-refractivity contribution in [3.05, 3.63) is 29.3 Å². The molecule has 0 aromatic heterocycles. The van der Waals surface area contributed by atoms with E-state index in [-0.39, 0.29) is 0 Å². The standard InChI is InChI=1S/C10H14N2O/c1-7-6-8(10(11)12-2)4-5-9(7)13-3/h4-6H,1-3H3,(H2,11,12). The van der Waals surface area contributed by atoms with E-state index in [4.69, 9.17) is 10.5 Å². The van der Waals surface area contributed by atoms with Gasteiger partial charge in [0.25, 0.3) is 0 Å². The van der Waals surface area contributed by atoms with Crippen LogP contribution < -0.4 is 10.5 Å². The Morgan fingerprint density at radius 3 is 2.62 bits per heavy atom. The number of rotatable bonds is 2. The molecule has 0 bridgehead atoms. The highest BCUT2D eigenvalue weighted by Gasteiger charge is 2.01. The smallest absolute Gasteiger partial charge is 0.125 e. The Morgan fingerprint density at radius 1 is 1.46 bits per heavy atom. The van der Waals surface area contributed by atoms with Crippen molar-refractivity contribution >= 4 is 5.84 Å². The molecular formula is C10H14N2O. The molecule has 1 aromatic rings. The lowest BCUT2D eigenvalue weighted by molar-refractivity contribution is 0.411. The summed E-state index contributed by atoms with van der Waals surface area (Å²) in [4.78, 5) is 3.91. The zero-order valence-electron chi connectivity index (χ0n) is 8.16. The molecule has 2 N–H and O–H groups in total. The van der Waals surface area contributed by atoms with Crippen LogP contribution in [0.3, 0.4) is 0 Å². The van der Waals surface area contributed by atoms with Gasteiger partial charge in [-0.3, -0.25) is 4.99 Å². The molecule has 0 aliphatic rings. The van der Waals surface area contributed by atoms with Crippen LogP contribution in [0.1, 0.15) is 11.1 Å². The van der Waals surface area contributed by atoms with Gasteiger partial charge in [0.05, 0.1) is 7.11 Å². The molecule has 0 aliphatic carbocycles. The third kappa shape index (κ3) is 1.99. The molecule has 0 heterocycles. The van der Waals surface area contributed by atoms with E-state index in [1.807, 2.05) is 25.1 Å². The Bertz CT molecular complexity index is 332. The molecule has 0 saturated heterocycles. The average molecular weight is 178 g/mol. The first kappa shape index (κ1) is 9.58.